The lowest BCUT2D eigenvalue weighted by Gasteiger charge is -2.25. The SMILES string of the molecule is c1ccc(-c2ccc(N(c3ccc(-c4ccccc4)s3)c3ccc4c5cccc6cccc(c7cccc3c74)c65)s2)cc1. The van der Waals surface area contributed by atoms with Gasteiger partial charge in [0.2, 0.25) is 0 Å². The normalized spacial score (nSPS) is 11.7. The van der Waals surface area contributed by atoms with Crippen LogP contribution in [-0.4, -0.2) is 0 Å². The fraction of sp³-hybridized carbons (Fsp3) is 0. The summed E-state index contributed by atoms with van der Waals surface area (Å²) >= 11 is 3.68. The number of fused-ring (bicyclic) bond motifs is 2. The minimum absolute atomic E-state index is 1.20. The second-order valence-electron chi connectivity index (χ2n) is 10.9. The maximum absolute atomic E-state index is 2.47. The average Bonchev–Trinajstić information content (AvgIpc) is 3.76. The highest BCUT2D eigenvalue weighted by molar-refractivity contribution is 7.21. The van der Waals surface area contributed by atoms with Crippen molar-refractivity contribution in [3.63, 3.8) is 0 Å². The predicted octanol–water partition coefficient (Wildman–Crippen LogP) is 12.7. The topological polar surface area (TPSA) is 3.24 Å². The lowest BCUT2D eigenvalue weighted by Crippen LogP contribution is -2.07. The van der Waals surface area contributed by atoms with E-state index in [0.717, 1.165) is 0 Å². The summed E-state index contributed by atoms with van der Waals surface area (Å²) in [6.45, 7) is 0. The van der Waals surface area contributed by atoms with Crippen molar-refractivity contribution in [2.24, 2.45) is 0 Å². The van der Waals surface area contributed by atoms with Crippen LogP contribution in [0.5, 0.6) is 0 Å². The van der Waals surface area contributed by atoms with Gasteiger partial charge in [-0.25, -0.2) is 0 Å². The standard InChI is InChI=1S/C40H25NS2/c1-3-10-26(11-4-1)35-22-24-37(42-35)41(38-25-23-36(43-38)27-12-5-2-6-13-27)34-21-20-32-30-17-8-15-28-14-7-16-29(39(28)30)31-18-9-19-33(34)40(31)32/h1-25H. The molecule has 3 heteroatoms. The summed E-state index contributed by atoms with van der Waals surface area (Å²) in [5, 5.41) is 12.9. The monoisotopic (exact) mass is 583 g/mol. The summed E-state index contributed by atoms with van der Waals surface area (Å²) in [5.41, 5.74) is 3.70. The third-order valence-electron chi connectivity index (χ3n) is 8.48. The summed E-state index contributed by atoms with van der Waals surface area (Å²) in [4.78, 5) is 5.01. The van der Waals surface area contributed by atoms with E-state index in [1.54, 1.807) is 0 Å². The van der Waals surface area contributed by atoms with Gasteiger partial charge in [0.05, 0.1) is 5.69 Å². The van der Waals surface area contributed by atoms with Gasteiger partial charge >= 0.3 is 0 Å². The van der Waals surface area contributed by atoms with Crippen LogP contribution in [0, 0.1) is 0 Å². The molecule has 43 heavy (non-hydrogen) atoms. The molecule has 0 aliphatic carbocycles. The smallest absolute Gasteiger partial charge is 0.101 e. The van der Waals surface area contributed by atoms with Crippen molar-refractivity contribution in [1.29, 1.82) is 0 Å². The van der Waals surface area contributed by atoms with Crippen LogP contribution < -0.4 is 4.90 Å². The Labute approximate surface area is 257 Å². The Morgan fingerprint density at radius 3 is 1.42 bits per heavy atom. The van der Waals surface area contributed by atoms with E-state index >= 15 is 0 Å². The van der Waals surface area contributed by atoms with Crippen molar-refractivity contribution in [3.8, 4) is 20.9 Å². The molecule has 1 nitrogen and oxygen atoms in total. The zero-order valence-electron chi connectivity index (χ0n) is 23.2. The number of nitrogens with zero attached hydrogens (tertiary/aromatic N) is 1. The van der Waals surface area contributed by atoms with Crippen LogP contribution in [0.25, 0.3) is 64.0 Å². The Hall–Kier alpha value is -4.96. The van der Waals surface area contributed by atoms with Gasteiger partial charge in [-0.05, 0) is 79.2 Å². The van der Waals surface area contributed by atoms with Crippen molar-refractivity contribution < 1.29 is 0 Å². The molecule has 0 unspecified atom stereocenters. The fourth-order valence-corrected chi connectivity index (χ4v) is 8.72. The van der Waals surface area contributed by atoms with Crippen molar-refractivity contribution in [2.45, 2.75) is 0 Å². The molecule has 0 radical (unpaired) electrons. The minimum atomic E-state index is 1.20. The summed E-state index contributed by atoms with van der Waals surface area (Å²) in [6, 6.07) is 55.4. The molecule has 9 aromatic rings. The number of rotatable bonds is 5. The number of hydrogen-bond donors (Lipinski definition) is 0. The molecule has 0 aliphatic rings. The Morgan fingerprint density at radius 2 is 0.837 bits per heavy atom. The van der Waals surface area contributed by atoms with Crippen molar-refractivity contribution in [3.05, 3.63) is 152 Å². The van der Waals surface area contributed by atoms with E-state index in [4.69, 9.17) is 0 Å². The van der Waals surface area contributed by atoms with Crippen LogP contribution in [-0.2, 0) is 0 Å². The van der Waals surface area contributed by atoms with E-state index in [9.17, 15) is 0 Å². The van der Waals surface area contributed by atoms with E-state index in [2.05, 4.69) is 157 Å². The molecule has 0 bridgehead atoms. The van der Waals surface area contributed by atoms with Gasteiger partial charge in [0.15, 0.2) is 0 Å². The van der Waals surface area contributed by atoms with Crippen molar-refractivity contribution in [1.82, 2.24) is 0 Å². The number of thiophene rings is 2. The van der Waals surface area contributed by atoms with Gasteiger partial charge in [0.1, 0.15) is 10.0 Å². The summed E-state index contributed by atoms with van der Waals surface area (Å²) in [6.07, 6.45) is 0. The van der Waals surface area contributed by atoms with E-state index in [-0.39, 0.29) is 0 Å². The summed E-state index contributed by atoms with van der Waals surface area (Å²) in [5.74, 6) is 0. The van der Waals surface area contributed by atoms with Crippen molar-refractivity contribution >= 4 is 81.5 Å². The van der Waals surface area contributed by atoms with Gasteiger partial charge in [-0.1, -0.05) is 121 Å². The fourth-order valence-electron chi connectivity index (χ4n) is 6.58. The van der Waals surface area contributed by atoms with E-state index in [1.165, 1.54) is 79.7 Å². The summed E-state index contributed by atoms with van der Waals surface area (Å²) < 4.78 is 0. The molecule has 0 amide bonds. The number of benzene rings is 7. The minimum Gasteiger partial charge on any atom is -0.292 e. The molecule has 7 aromatic carbocycles. The number of anilines is 3. The maximum atomic E-state index is 2.47. The molecule has 0 fully saturated rings. The third-order valence-corrected chi connectivity index (χ3v) is 10.7. The molecule has 0 saturated carbocycles. The third kappa shape index (κ3) is 3.90. The molecular weight excluding hydrogens is 559 g/mol. The van der Waals surface area contributed by atoms with E-state index < -0.39 is 0 Å². The molecule has 202 valence electrons. The molecule has 0 aliphatic heterocycles. The van der Waals surface area contributed by atoms with Gasteiger partial charge in [0, 0.05) is 15.1 Å². The van der Waals surface area contributed by atoms with E-state index in [1.807, 2.05) is 22.7 Å². The molecule has 0 N–H and O–H groups in total. The van der Waals surface area contributed by atoms with Crippen LogP contribution in [0.15, 0.2) is 152 Å². The van der Waals surface area contributed by atoms with Crippen LogP contribution in [0.1, 0.15) is 0 Å². The highest BCUT2D eigenvalue weighted by Crippen LogP contribution is 2.50. The Morgan fingerprint density at radius 1 is 0.349 bits per heavy atom. The first kappa shape index (κ1) is 24.6. The van der Waals surface area contributed by atoms with Crippen LogP contribution >= 0.6 is 22.7 Å². The molecular formula is C40H25NS2. The van der Waals surface area contributed by atoms with Gasteiger partial charge in [-0.2, -0.15) is 0 Å². The quantitative estimate of drug-likeness (QED) is 0.144. The zero-order valence-corrected chi connectivity index (χ0v) is 24.8. The lowest BCUT2D eigenvalue weighted by molar-refractivity contribution is 1.38. The Balaban J connectivity index is 1.31. The Kier molecular flexibility index (Phi) is 5.62. The largest absolute Gasteiger partial charge is 0.292 e. The van der Waals surface area contributed by atoms with Crippen LogP contribution in [0.4, 0.5) is 15.7 Å². The molecule has 2 aromatic heterocycles. The summed E-state index contributed by atoms with van der Waals surface area (Å²) in [7, 11) is 0. The van der Waals surface area contributed by atoms with Gasteiger partial charge in [-0.3, -0.25) is 4.90 Å². The molecule has 0 saturated heterocycles. The predicted molar refractivity (Wildman–Crippen MR) is 189 cm³/mol. The molecule has 2 heterocycles. The molecule has 9 rings (SSSR count). The molecule has 0 spiro atoms. The van der Waals surface area contributed by atoms with Gasteiger partial charge < -0.3 is 0 Å². The highest BCUT2D eigenvalue weighted by atomic mass is 32.1. The first-order valence-corrected chi connectivity index (χ1v) is 16.2. The zero-order chi connectivity index (χ0) is 28.3. The maximum Gasteiger partial charge on any atom is 0.101 e. The number of hydrogen-bond acceptors (Lipinski definition) is 3. The highest BCUT2D eigenvalue weighted by Gasteiger charge is 2.22. The first-order chi connectivity index (χ1) is 21.3. The Bertz CT molecular complexity index is 2270. The van der Waals surface area contributed by atoms with Gasteiger partial charge in [-0.15, -0.1) is 22.7 Å². The van der Waals surface area contributed by atoms with Crippen LogP contribution in [0.3, 0.4) is 0 Å². The lowest BCUT2D eigenvalue weighted by atomic mass is 9.89. The average molecular weight is 584 g/mol. The van der Waals surface area contributed by atoms with Crippen molar-refractivity contribution in [2.75, 3.05) is 4.90 Å². The first-order valence-electron chi connectivity index (χ1n) is 14.5. The second-order valence-corrected chi connectivity index (χ2v) is 13.0. The van der Waals surface area contributed by atoms with Crippen LogP contribution in [0.2, 0.25) is 0 Å². The van der Waals surface area contributed by atoms with Gasteiger partial charge in [0.25, 0.3) is 0 Å². The molecule has 0 atom stereocenters. The van der Waals surface area contributed by atoms with E-state index in [0.29, 0.717) is 0 Å². The second kappa shape index (κ2) is 9.81.